The van der Waals surface area contributed by atoms with Gasteiger partial charge >= 0.3 is 0 Å². The van der Waals surface area contributed by atoms with E-state index in [-0.39, 0.29) is 29.8 Å². The highest BCUT2D eigenvalue weighted by Gasteiger charge is 2.02. The van der Waals surface area contributed by atoms with Gasteiger partial charge in [0.15, 0.2) is 5.96 Å². The van der Waals surface area contributed by atoms with E-state index in [0.29, 0.717) is 4.47 Å². The zero-order valence-corrected chi connectivity index (χ0v) is 18.1. The summed E-state index contributed by atoms with van der Waals surface area (Å²) in [5.41, 5.74) is 1.07. The number of nitrogens with zero attached hydrogens (tertiary/aromatic N) is 3. The van der Waals surface area contributed by atoms with Crippen LogP contribution in [0.5, 0.6) is 0 Å². The standard InChI is InChI=1S/C17H23BrFN5.HI/c1-2-20-17(21-8-3-11-24-12-4-9-23-24)22-10-7-14-5-6-16(19)15(18)13-14;/h4-6,9,12-13H,2-3,7-8,10-11H2,1H3,(H2,20,21,22);1H. The van der Waals surface area contributed by atoms with E-state index < -0.39 is 0 Å². The fraction of sp³-hybridized carbons (Fsp3) is 0.412. The number of aliphatic imine (C=N–C) groups is 1. The minimum Gasteiger partial charge on any atom is -0.357 e. The van der Waals surface area contributed by atoms with Crippen molar-refractivity contribution in [3.63, 3.8) is 0 Å². The van der Waals surface area contributed by atoms with E-state index in [1.54, 1.807) is 12.3 Å². The molecule has 1 heterocycles. The van der Waals surface area contributed by atoms with Gasteiger partial charge in [0.25, 0.3) is 0 Å². The first-order valence-electron chi connectivity index (χ1n) is 8.12. The summed E-state index contributed by atoms with van der Waals surface area (Å²) < 4.78 is 15.6. The third-order valence-electron chi connectivity index (χ3n) is 3.41. The molecule has 0 aliphatic heterocycles. The maximum Gasteiger partial charge on any atom is 0.191 e. The number of nitrogens with one attached hydrogen (secondary N) is 2. The minimum atomic E-state index is -0.237. The molecule has 8 heteroatoms. The molecule has 2 rings (SSSR count). The lowest BCUT2D eigenvalue weighted by Crippen LogP contribution is -2.38. The van der Waals surface area contributed by atoms with Gasteiger partial charge in [0.05, 0.1) is 4.47 Å². The van der Waals surface area contributed by atoms with Crippen LogP contribution in [-0.2, 0) is 13.0 Å². The van der Waals surface area contributed by atoms with Crippen LogP contribution in [0.25, 0.3) is 0 Å². The number of hydrogen-bond donors (Lipinski definition) is 2. The van der Waals surface area contributed by atoms with E-state index in [4.69, 9.17) is 0 Å². The Bertz CT molecular complexity index is 648. The Labute approximate surface area is 173 Å². The quantitative estimate of drug-likeness (QED) is 0.240. The number of guanidine groups is 1. The molecule has 0 unspecified atom stereocenters. The van der Waals surface area contributed by atoms with E-state index in [1.807, 2.05) is 29.9 Å². The Hall–Kier alpha value is -1.16. The minimum absolute atomic E-state index is 0. The van der Waals surface area contributed by atoms with E-state index in [1.165, 1.54) is 6.07 Å². The molecule has 2 aromatic rings. The summed E-state index contributed by atoms with van der Waals surface area (Å²) in [7, 11) is 0. The lowest BCUT2D eigenvalue weighted by Gasteiger charge is -2.11. The molecule has 2 N–H and O–H groups in total. The Morgan fingerprint density at radius 1 is 1.36 bits per heavy atom. The van der Waals surface area contributed by atoms with Crippen molar-refractivity contribution in [2.45, 2.75) is 26.3 Å². The van der Waals surface area contributed by atoms with Gasteiger partial charge in [-0.25, -0.2) is 4.39 Å². The second-order valence-electron chi connectivity index (χ2n) is 5.31. The number of halogens is 3. The fourth-order valence-corrected chi connectivity index (χ4v) is 2.64. The van der Waals surface area contributed by atoms with E-state index in [2.05, 4.69) is 36.7 Å². The molecule has 0 radical (unpaired) electrons. The van der Waals surface area contributed by atoms with E-state index in [9.17, 15) is 4.39 Å². The molecule has 0 bridgehead atoms. The van der Waals surface area contributed by atoms with E-state index in [0.717, 1.165) is 50.5 Å². The summed E-state index contributed by atoms with van der Waals surface area (Å²) in [5.74, 6) is 0.568. The molecular weight excluding hydrogens is 500 g/mol. The van der Waals surface area contributed by atoms with Crippen LogP contribution in [0.1, 0.15) is 18.9 Å². The van der Waals surface area contributed by atoms with Gasteiger partial charge in [0.1, 0.15) is 5.82 Å². The predicted octanol–water partition coefficient (Wildman–Crippen LogP) is 3.59. The van der Waals surface area contributed by atoms with Gasteiger partial charge in [-0.1, -0.05) is 6.07 Å². The van der Waals surface area contributed by atoms with Gasteiger partial charge in [0, 0.05) is 38.6 Å². The van der Waals surface area contributed by atoms with Crippen molar-refractivity contribution in [2.24, 2.45) is 4.99 Å². The van der Waals surface area contributed by atoms with Crippen LogP contribution in [0.2, 0.25) is 0 Å². The normalized spacial score (nSPS) is 11.1. The summed E-state index contributed by atoms with van der Waals surface area (Å²) in [6.07, 6.45) is 5.47. The smallest absolute Gasteiger partial charge is 0.191 e. The molecule has 0 aliphatic rings. The van der Waals surface area contributed by atoms with Crippen molar-refractivity contribution in [3.8, 4) is 0 Å². The molecular formula is C17H24BrFIN5. The summed E-state index contributed by atoms with van der Waals surface area (Å²) in [6.45, 7) is 5.19. The SMILES string of the molecule is CCNC(=NCCCn1cccn1)NCCc1ccc(F)c(Br)c1.I. The molecule has 25 heavy (non-hydrogen) atoms. The molecule has 1 aromatic heterocycles. The van der Waals surface area contributed by atoms with Gasteiger partial charge < -0.3 is 10.6 Å². The third-order valence-corrected chi connectivity index (χ3v) is 4.02. The zero-order chi connectivity index (χ0) is 17.2. The van der Waals surface area contributed by atoms with Gasteiger partial charge in [-0.15, -0.1) is 24.0 Å². The molecule has 0 aliphatic carbocycles. The van der Waals surface area contributed by atoms with Crippen molar-refractivity contribution in [1.82, 2.24) is 20.4 Å². The van der Waals surface area contributed by atoms with Crippen molar-refractivity contribution >= 4 is 45.9 Å². The maximum absolute atomic E-state index is 13.2. The topological polar surface area (TPSA) is 54.2 Å². The number of aromatic nitrogens is 2. The van der Waals surface area contributed by atoms with Gasteiger partial charge in [0.2, 0.25) is 0 Å². The molecule has 1 aromatic carbocycles. The third kappa shape index (κ3) is 8.17. The molecule has 138 valence electrons. The largest absolute Gasteiger partial charge is 0.357 e. The molecule has 0 saturated heterocycles. The van der Waals surface area contributed by atoms with Crippen LogP contribution in [-0.4, -0.2) is 35.4 Å². The number of aryl methyl sites for hydroxylation is 1. The van der Waals surface area contributed by atoms with Gasteiger partial charge in [-0.3, -0.25) is 9.67 Å². The van der Waals surface area contributed by atoms with Crippen LogP contribution in [0.3, 0.4) is 0 Å². The average Bonchev–Trinajstić information content (AvgIpc) is 3.08. The summed E-state index contributed by atoms with van der Waals surface area (Å²) in [5, 5.41) is 10.7. The van der Waals surface area contributed by atoms with Crippen molar-refractivity contribution in [1.29, 1.82) is 0 Å². The summed E-state index contributed by atoms with van der Waals surface area (Å²) in [6, 6.07) is 7.01. The van der Waals surface area contributed by atoms with Crippen LogP contribution in [0.4, 0.5) is 4.39 Å². The maximum atomic E-state index is 13.2. The molecule has 0 fully saturated rings. The first-order valence-corrected chi connectivity index (χ1v) is 8.92. The molecule has 0 saturated carbocycles. The second kappa shape index (κ2) is 12.2. The second-order valence-corrected chi connectivity index (χ2v) is 6.16. The lowest BCUT2D eigenvalue weighted by atomic mass is 10.1. The first-order chi connectivity index (χ1) is 11.7. The Morgan fingerprint density at radius 3 is 2.88 bits per heavy atom. The summed E-state index contributed by atoms with van der Waals surface area (Å²) in [4.78, 5) is 4.56. The molecule has 0 amide bonds. The Morgan fingerprint density at radius 2 is 2.20 bits per heavy atom. The molecule has 0 spiro atoms. The zero-order valence-electron chi connectivity index (χ0n) is 14.2. The average molecular weight is 524 g/mol. The van der Waals surface area contributed by atoms with Crippen LogP contribution < -0.4 is 10.6 Å². The van der Waals surface area contributed by atoms with Crippen molar-refractivity contribution in [2.75, 3.05) is 19.6 Å². The highest BCUT2D eigenvalue weighted by Crippen LogP contribution is 2.16. The first kappa shape index (κ1) is 21.9. The number of rotatable bonds is 8. The van der Waals surface area contributed by atoms with Crippen molar-refractivity contribution < 1.29 is 4.39 Å². The monoisotopic (exact) mass is 523 g/mol. The van der Waals surface area contributed by atoms with Crippen molar-refractivity contribution in [3.05, 3.63) is 52.5 Å². The molecule has 5 nitrogen and oxygen atoms in total. The molecule has 0 atom stereocenters. The predicted molar refractivity (Wildman–Crippen MR) is 114 cm³/mol. The highest BCUT2D eigenvalue weighted by molar-refractivity contribution is 14.0. The summed E-state index contributed by atoms with van der Waals surface area (Å²) >= 11 is 3.21. The van der Waals surface area contributed by atoms with Crippen LogP contribution in [0, 0.1) is 5.82 Å². The van der Waals surface area contributed by atoms with Gasteiger partial charge in [-0.2, -0.15) is 5.10 Å². The van der Waals surface area contributed by atoms with E-state index >= 15 is 0 Å². The lowest BCUT2D eigenvalue weighted by molar-refractivity contribution is 0.584. The Kier molecular flexibility index (Phi) is 10.7. The van der Waals surface area contributed by atoms with Crippen LogP contribution >= 0.6 is 39.9 Å². The number of hydrogen-bond acceptors (Lipinski definition) is 2. The van der Waals surface area contributed by atoms with Crippen LogP contribution in [0.15, 0.2) is 46.1 Å². The number of benzene rings is 1. The Balaban J connectivity index is 0.00000312. The fourth-order valence-electron chi connectivity index (χ4n) is 2.22. The highest BCUT2D eigenvalue weighted by atomic mass is 127. The van der Waals surface area contributed by atoms with Gasteiger partial charge in [-0.05, 0) is 59.5 Å².